The number of anilines is 1. The molecule has 0 bridgehead atoms. The molecule has 2 aromatic carbocycles. The molecule has 0 saturated heterocycles. The number of nitrogens with one attached hydrogen (secondary N) is 1. The number of hydrogen-bond acceptors (Lipinski definition) is 4. The molecule has 1 aliphatic rings. The molecule has 4 rings (SSSR count). The Hall–Kier alpha value is -3.41. The van der Waals surface area contributed by atoms with Crippen LogP contribution in [0, 0.1) is 13.8 Å². The Kier molecular flexibility index (Phi) is 6.12. The molecule has 1 atom stereocenters. The van der Waals surface area contributed by atoms with E-state index in [1.807, 2.05) is 0 Å². The average Bonchev–Trinajstić information content (AvgIpc) is 2.81. The Bertz CT molecular complexity index is 1210. The topological polar surface area (TPSA) is 73.2 Å². The normalized spacial score (nSPS) is 13.9. The average molecular weight is 432 g/mol. The third-order valence-electron chi connectivity index (χ3n) is 6.18. The lowest BCUT2D eigenvalue weighted by atomic mass is 9.88. The largest absolute Gasteiger partial charge is 0.497 e. The van der Waals surface area contributed by atoms with Gasteiger partial charge in [-0.25, -0.2) is 4.68 Å². The fraction of sp³-hybridized carbons (Fsp3) is 0.346. The number of methoxy groups -OCH3 is 1. The van der Waals surface area contributed by atoms with E-state index in [0.29, 0.717) is 11.4 Å². The van der Waals surface area contributed by atoms with Crippen LogP contribution in [0.3, 0.4) is 0 Å². The summed E-state index contributed by atoms with van der Waals surface area (Å²) in [5, 5.41) is 7.66. The van der Waals surface area contributed by atoms with Gasteiger partial charge in [0.05, 0.1) is 12.8 Å². The number of ether oxygens (including phenoxy) is 1. The Morgan fingerprint density at radius 1 is 1.06 bits per heavy atom. The van der Waals surface area contributed by atoms with E-state index in [0.717, 1.165) is 59.2 Å². The highest BCUT2D eigenvalue weighted by Crippen LogP contribution is 2.31. The molecule has 0 fully saturated rings. The van der Waals surface area contributed by atoms with Crippen LogP contribution in [0.1, 0.15) is 48.1 Å². The summed E-state index contributed by atoms with van der Waals surface area (Å²) in [6.07, 6.45) is 3.59. The number of fused-ring (bicyclic) bond motifs is 1. The molecular formula is C26H29N3O3. The van der Waals surface area contributed by atoms with Crippen molar-refractivity contribution in [1.82, 2.24) is 9.78 Å². The van der Waals surface area contributed by atoms with Crippen molar-refractivity contribution < 1.29 is 9.53 Å². The molecule has 1 heterocycles. The van der Waals surface area contributed by atoms with E-state index >= 15 is 0 Å². The fourth-order valence-corrected chi connectivity index (χ4v) is 4.26. The zero-order valence-corrected chi connectivity index (χ0v) is 19.1. The summed E-state index contributed by atoms with van der Waals surface area (Å²) in [7, 11) is 1.59. The number of benzene rings is 2. The van der Waals surface area contributed by atoms with Gasteiger partial charge in [-0.15, -0.1) is 0 Å². The standard InChI is InChI=1S/C26H29N3O3/c1-16-9-10-17(2)23(15-16)24-21-7-5-6-8-22(21)26(31)29(28-24)18(3)25(30)27-19-11-13-20(32-4)14-12-19/h9-15,18H,5-8H2,1-4H3,(H,27,30)/t18-/m0/s1. The minimum atomic E-state index is -0.749. The quantitative estimate of drug-likeness (QED) is 0.640. The minimum absolute atomic E-state index is 0.161. The number of carbonyl (C=O) groups is 1. The maximum absolute atomic E-state index is 13.3. The predicted octanol–water partition coefficient (Wildman–Crippen LogP) is 4.61. The summed E-state index contributed by atoms with van der Waals surface area (Å²) in [5.74, 6) is 0.425. The first kappa shape index (κ1) is 21.8. The molecule has 3 aromatic rings. The number of aryl methyl sites for hydroxylation is 2. The molecule has 1 N–H and O–H groups in total. The SMILES string of the molecule is COc1ccc(NC(=O)[C@H](C)n2nc(-c3cc(C)ccc3C)c3c(c2=O)CCCC3)cc1. The Morgan fingerprint density at radius 3 is 2.44 bits per heavy atom. The monoisotopic (exact) mass is 431 g/mol. The second-order valence-corrected chi connectivity index (χ2v) is 8.47. The van der Waals surface area contributed by atoms with Gasteiger partial charge in [-0.05, 0) is 87.9 Å². The van der Waals surface area contributed by atoms with Gasteiger partial charge < -0.3 is 10.1 Å². The molecule has 32 heavy (non-hydrogen) atoms. The third-order valence-corrected chi connectivity index (χ3v) is 6.18. The molecule has 166 valence electrons. The van der Waals surface area contributed by atoms with Gasteiger partial charge in [-0.2, -0.15) is 5.10 Å². The maximum atomic E-state index is 13.3. The van der Waals surface area contributed by atoms with E-state index in [9.17, 15) is 9.59 Å². The van der Waals surface area contributed by atoms with Crippen LogP contribution in [0.4, 0.5) is 5.69 Å². The van der Waals surface area contributed by atoms with Crippen LogP contribution < -0.4 is 15.6 Å². The van der Waals surface area contributed by atoms with E-state index in [1.54, 1.807) is 38.3 Å². The molecule has 0 spiro atoms. The first-order valence-electron chi connectivity index (χ1n) is 11.1. The molecule has 0 saturated carbocycles. The van der Waals surface area contributed by atoms with Crippen molar-refractivity contribution in [2.24, 2.45) is 0 Å². The number of aromatic nitrogens is 2. The van der Waals surface area contributed by atoms with Crippen molar-refractivity contribution in [3.05, 3.63) is 75.1 Å². The summed E-state index contributed by atoms with van der Waals surface area (Å²) in [5.41, 5.74) is 6.41. The Labute approximate surface area is 188 Å². The van der Waals surface area contributed by atoms with Crippen molar-refractivity contribution in [3.63, 3.8) is 0 Å². The van der Waals surface area contributed by atoms with Gasteiger partial charge in [0.25, 0.3) is 5.56 Å². The van der Waals surface area contributed by atoms with Crippen molar-refractivity contribution in [1.29, 1.82) is 0 Å². The second kappa shape index (κ2) is 8.99. The molecule has 1 aromatic heterocycles. The van der Waals surface area contributed by atoms with Crippen LogP contribution in [-0.4, -0.2) is 22.8 Å². The van der Waals surface area contributed by atoms with Gasteiger partial charge in [-0.3, -0.25) is 9.59 Å². The smallest absolute Gasteiger partial charge is 0.271 e. The van der Waals surface area contributed by atoms with E-state index < -0.39 is 6.04 Å². The van der Waals surface area contributed by atoms with Crippen molar-refractivity contribution in [2.75, 3.05) is 12.4 Å². The number of amides is 1. The van der Waals surface area contributed by atoms with Crippen LogP contribution in [0.5, 0.6) is 5.75 Å². The highest BCUT2D eigenvalue weighted by Gasteiger charge is 2.26. The van der Waals surface area contributed by atoms with Crippen LogP contribution >= 0.6 is 0 Å². The van der Waals surface area contributed by atoms with Gasteiger partial charge >= 0.3 is 0 Å². The highest BCUT2D eigenvalue weighted by molar-refractivity contribution is 5.93. The van der Waals surface area contributed by atoms with Crippen LogP contribution in [-0.2, 0) is 17.6 Å². The lowest BCUT2D eigenvalue weighted by molar-refractivity contribution is -0.119. The first-order valence-corrected chi connectivity index (χ1v) is 11.1. The van der Waals surface area contributed by atoms with E-state index in [4.69, 9.17) is 9.84 Å². The maximum Gasteiger partial charge on any atom is 0.271 e. The number of rotatable bonds is 5. The Morgan fingerprint density at radius 2 is 1.75 bits per heavy atom. The first-order chi connectivity index (χ1) is 15.4. The highest BCUT2D eigenvalue weighted by atomic mass is 16.5. The van der Waals surface area contributed by atoms with Gasteiger partial charge in [0.2, 0.25) is 5.91 Å². The summed E-state index contributed by atoms with van der Waals surface area (Å²) in [4.78, 5) is 26.3. The van der Waals surface area contributed by atoms with Crippen LogP contribution in [0.25, 0.3) is 11.3 Å². The lowest BCUT2D eigenvalue weighted by Gasteiger charge is -2.23. The van der Waals surface area contributed by atoms with Crippen LogP contribution in [0.15, 0.2) is 47.3 Å². The number of hydrogen-bond donors (Lipinski definition) is 1. The summed E-state index contributed by atoms with van der Waals surface area (Å²) < 4.78 is 6.53. The van der Waals surface area contributed by atoms with E-state index in [-0.39, 0.29) is 11.5 Å². The molecule has 1 aliphatic carbocycles. The number of nitrogens with zero attached hydrogens (tertiary/aromatic N) is 2. The van der Waals surface area contributed by atoms with Crippen molar-refractivity contribution in [2.45, 2.75) is 52.5 Å². The second-order valence-electron chi connectivity index (χ2n) is 8.47. The predicted molar refractivity (Wildman–Crippen MR) is 126 cm³/mol. The van der Waals surface area contributed by atoms with Crippen LogP contribution in [0.2, 0.25) is 0 Å². The molecule has 6 nitrogen and oxygen atoms in total. The van der Waals surface area contributed by atoms with Gasteiger partial charge in [0.15, 0.2) is 0 Å². The summed E-state index contributed by atoms with van der Waals surface area (Å²) in [6.45, 7) is 5.83. The molecule has 0 unspecified atom stereocenters. The minimum Gasteiger partial charge on any atom is -0.497 e. The lowest BCUT2D eigenvalue weighted by Crippen LogP contribution is -2.37. The molecule has 1 amide bonds. The summed E-state index contributed by atoms with van der Waals surface area (Å²) >= 11 is 0. The fourth-order valence-electron chi connectivity index (χ4n) is 4.26. The van der Waals surface area contributed by atoms with Crippen molar-refractivity contribution in [3.8, 4) is 17.0 Å². The molecular weight excluding hydrogens is 402 g/mol. The number of carbonyl (C=O) groups excluding carboxylic acids is 1. The molecule has 0 aliphatic heterocycles. The van der Waals surface area contributed by atoms with Crippen molar-refractivity contribution >= 4 is 11.6 Å². The summed E-state index contributed by atoms with van der Waals surface area (Å²) in [6, 6.07) is 12.6. The zero-order chi connectivity index (χ0) is 22.8. The Balaban J connectivity index is 1.75. The van der Waals surface area contributed by atoms with E-state index in [1.165, 1.54) is 4.68 Å². The van der Waals surface area contributed by atoms with E-state index in [2.05, 4.69) is 37.4 Å². The molecule has 6 heteroatoms. The van der Waals surface area contributed by atoms with Gasteiger partial charge in [0, 0.05) is 16.8 Å². The zero-order valence-electron chi connectivity index (χ0n) is 19.1. The third kappa shape index (κ3) is 4.17. The molecule has 0 radical (unpaired) electrons. The van der Waals surface area contributed by atoms with Gasteiger partial charge in [-0.1, -0.05) is 17.7 Å². The van der Waals surface area contributed by atoms with Gasteiger partial charge in [0.1, 0.15) is 11.8 Å².